The molecule has 0 saturated heterocycles. The molecular weight excluding hydrogens is 368 g/mol. The van der Waals surface area contributed by atoms with Crippen LogP contribution in [-0.2, 0) is 22.1 Å². The lowest BCUT2D eigenvalue weighted by atomic mass is 10.1. The Morgan fingerprint density at radius 1 is 1.04 bits per heavy atom. The average Bonchev–Trinajstić information content (AvgIpc) is 2.60. The van der Waals surface area contributed by atoms with Gasteiger partial charge >= 0.3 is 12.0 Å². The van der Waals surface area contributed by atoms with E-state index in [-0.39, 0.29) is 17.9 Å². The normalized spacial score (nSPS) is 11.2. The third-order valence-electron chi connectivity index (χ3n) is 3.92. The van der Waals surface area contributed by atoms with Gasteiger partial charge in [0, 0.05) is 12.2 Å². The first kappa shape index (κ1) is 20.4. The number of carbonyl (C=O) groups excluding carboxylic acids is 1. The minimum atomic E-state index is -3.22. The first-order valence-corrected chi connectivity index (χ1v) is 10.1. The molecule has 3 N–H and O–H groups in total. The Hall–Kier alpha value is -2.87. The van der Waals surface area contributed by atoms with Crippen molar-refractivity contribution < 1.29 is 23.1 Å². The predicted octanol–water partition coefficient (Wildman–Crippen LogP) is 3.03. The number of carbonyl (C=O) groups is 2. The monoisotopic (exact) mass is 390 g/mol. The van der Waals surface area contributed by atoms with Gasteiger partial charge in [-0.15, -0.1) is 0 Å². The summed E-state index contributed by atoms with van der Waals surface area (Å²) in [6.45, 7) is 3.49. The molecule has 144 valence electrons. The van der Waals surface area contributed by atoms with Gasteiger partial charge in [0.05, 0.1) is 16.6 Å². The van der Waals surface area contributed by atoms with Crippen molar-refractivity contribution in [1.29, 1.82) is 0 Å². The van der Waals surface area contributed by atoms with Crippen LogP contribution >= 0.6 is 0 Å². The molecule has 27 heavy (non-hydrogen) atoms. The minimum Gasteiger partial charge on any atom is -0.478 e. The summed E-state index contributed by atoms with van der Waals surface area (Å²) < 4.78 is 24.0. The van der Waals surface area contributed by atoms with Crippen LogP contribution in [0, 0.1) is 0 Å². The zero-order valence-electron chi connectivity index (χ0n) is 15.1. The van der Waals surface area contributed by atoms with Crippen molar-refractivity contribution in [1.82, 2.24) is 5.32 Å². The van der Waals surface area contributed by atoms with E-state index in [1.807, 2.05) is 0 Å². The Kier molecular flexibility index (Phi) is 6.57. The van der Waals surface area contributed by atoms with Crippen molar-refractivity contribution in [3.63, 3.8) is 0 Å². The van der Waals surface area contributed by atoms with Gasteiger partial charge in [-0.1, -0.05) is 24.3 Å². The number of rotatable bonds is 7. The standard InChI is InChI=1S/C19H22N2O5S/c1-13(2)27(25,26)12-15-4-3-5-17(10-15)21-19(24)20-11-14-6-8-16(9-7-14)18(22)23/h3-10,13H,11-12H2,1-2H3,(H,22,23)(H2,20,21,24). The summed E-state index contributed by atoms with van der Waals surface area (Å²) in [6.07, 6.45) is 0. The summed E-state index contributed by atoms with van der Waals surface area (Å²) in [5.41, 5.74) is 2.03. The molecule has 0 fully saturated rings. The second-order valence-electron chi connectivity index (χ2n) is 6.37. The van der Waals surface area contributed by atoms with Crippen LogP contribution < -0.4 is 10.6 Å². The zero-order chi connectivity index (χ0) is 20.0. The van der Waals surface area contributed by atoms with Crippen molar-refractivity contribution in [2.24, 2.45) is 0 Å². The highest BCUT2D eigenvalue weighted by molar-refractivity contribution is 7.91. The number of carboxylic acid groups (broad SMARTS) is 1. The van der Waals surface area contributed by atoms with E-state index in [1.54, 1.807) is 50.2 Å². The third kappa shape index (κ3) is 6.10. The number of anilines is 1. The SMILES string of the molecule is CC(C)S(=O)(=O)Cc1cccc(NC(=O)NCc2ccc(C(=O)O)cc2)c1. The number of hydrogen-bond donors (Lipinski definition) is 3. The molecule has 2 aromatic carbocycles. The highest BCUT2D eigenvalue weighted by Gasteiger charge is 2.17. The first-order chi connectivity index (χ1) is 12.7. The second kappa shape index (κ2) is 8.68. The maximum Gasteiger partial charge on any atom is 0.335 e. The van der Waals surface area contributed by atoms with E-state index < -0.39 is 27.1 Å². The lowest BCUT2D eigenvalue weighted by molar-refractivity contribution is 0.0697. The fraction of sp³-hybridized carbons (Fsp3) is 0.263. The molecule has 0 atom stereocenters. The third-order valence-corrected chi connectivity index (χ3v) is 6.10. The second-order valence-corrected chi connectivity index (χ2v) is 8.92. The maximum absolute atomic E-state index is 12.0. The van der Waals surface area contributed by atoms with Gasteiger partial charge in [-0.05, 0) is 49.2 Å². The van der Waals surface area contributed by atoms with E-state index in [0.29, 0.717) is 11.3 Å². The summed E-state index contributed by atoms with van der Waals surface area (Å²) >= 11 is 0. The molecule has 2 rings (SSSR count). The topological polar surface area (TPSA) is 113 Å². The molecule has 0 unspecified atom stereocenters. The van der Waals surface area contributed by atoms with Crippen molar-refractivity contribution in [3.8, 4) is 0 Å². The zero-order valence-corrected chi connectivity index (χ0v) is 15.9. The predicted molar refractivity (Wildman–Crippen MR) is 103 cm³/mol. The molecule has 8 heteroatoms. The molecule has 0 aliphatic carbocycles. The molecule has 0 heterocycles. The van der Waals surface area contributed by atoms with Gasteiger partial charge < -0.3 is 15.7 Å². The summed E-state index contributed by atoms with van der Waals surface area (Å²) in [7, 11) is -3.22. The van der Waals surface area contributed by atoms with Crippen LogP contribution in [0.2, 0.25) is 0 Å². The van der Waals surface area contributed by atoms with Gasteiger partial charge in [-0.25, -0.2) is 18.0 Å². The van der Waals surface area contributed by atoms with Crippen LogP contribution in [0.1, 0.15) is 35.3 Å². The van der Waals surface area contributed by atoms with Crippen LogP contribution in [0.3, 0.4) is 0 Å². The fourth-order valence-electron chi connectivity index (χ4n) is 2.26. The molecule has 2 aromatic rings. The van der Waals surface area contributed by atoms with Crippen LogP contribution in [0.5, 0.6) is 0 Å². The van der Waals surface area contributed by atoms with Crippen LogP contribution in [0.15, 0.2) is 48.5 Å². The van der Waals surface area contributed by atoms with Crippen molar-refractivity contribution in [2.45, 2.75) is 31.4 Å². The molecule has 2 amide bonds. The fourth-order valence-corrected chi connectivity index (χ4v) is 3.24. The molecule has 0 radical (unpaired) electrons. The number of amides is 2. The molecule has 0 saturated carbocycles. The Labute approximate surface area is 158 Å². The van der Waals surface area contributed by atoms with E-state index in [0.717, 1.165) is 5.56 Å². The molecule has 0 aliphatic heterocycles. The summed E-state index contributed by atoms with van der Waals surface area (Å²) in [6, 6.07) is 12.4. The molecule has 7 nitrogen and oxygen atoms in total. The number of urea groups is 1. The van der Waals surface area contributed by atoms with E-state index in [2.05, 4.69) is 10.6 Å². The van der Waals surface area contributed by atoms with Gasteiger partial charge in [0.25, 0.3) is 0 Å². The smallest absolute Gasteiger partial charge is 0.335 e. The van der Waals surface area contributed by atoms with Gasteiger partial charge in [0.2, 0.25) is 0 Å². The Morgan fingerprint density at radius 3 is 2.30 bits per heavy atom. The number of benzene rings is 2. The van der Waals surface area contributed by atoms with Crippen molar-refractivity contribution >= 4 is 27.5 Å². The summed E-state index contributed by atoms with van der Waals surface area (Å²) in [5, 5.41) is 13.7. The molecular formula is C19H22N2O5S. The number of carboxylic acids is 1. The highest BCUT2D eigenvalue weighted by Crippen LogP contribution is 2.16. The van der Waals surface area contributed by atoms with Crippen molar-refractivity contribution in [2.75, 3.05) is 5.32 Å². The average molecular weight is 390 g/mol. The number of nitrogens with one attached hydrogen (secondary N) is 2. The lowest BCUT2D eigenvalue weighted by Gasteiger charge is -2.11. The summed E-state index contributed by atoms with van der Waals surface area (Å²) in [4.78, 5) is 22.8. The van der Waals surface area contributed by atoms with Gasteiger partial charge in [0.15, 0.2) is 9.84 Å². The maximum atomic E-state index is 12.0. The lowest BCUT2D eigenvalue weighted by Crippen LogP contribution is -2.28. The van der Waals surface area contributed by atoms with E-state index in [1.165, 1.54) is 12.1 Å². The Bertz CT molecular complexity index is 921. The molecule has 0 aromatic heterocycles. The number of hydrogen-bond acceptors (Lipinski definition) is 4. The van der Waals surface area contributed by atoms with Crippen LogP contribution in [0.4, 0.5) is 10.5 Å². The first-order valence-electron chi connectivity index (χ1n) is 8.35. The van der Waals surface area contributed by atoms with Gasteiger partial charge in [0.1, 0.15) is 0 Å². The van der Waals surface area contributed by atoms with Gasteiger partial charge in [-0.2, -0.15) is 0 Å². The van der Waals surface area contributed by atoms with E-state index >= 15 is 0 Å². The van der Waals surface area contributed by atoms with E-state index in [4.69, 9.17) is 5.11 Å². The number of sulfone groups is 1. The van der Waals surface area contributed by atoms with Crippen LogP contribution in [0.25, 0.3) is 0 Å². The number of aromatic carboxylic acids is 1. The largest absolute Gasteiger partial charge is 0.478 e. The van der Waals surface area contributed by atoms with Gasteiger partial charge in [-0.3, -0.25) is 0 Å². The highest BCUT2D eigenvalue weighted by atomic mass is 32.2. The van der Waals surface area contributed by atoms with Crippen LogP contribution in [-0.4, -0.2) is 30.8 Å². The van der Waals surface area contributed by atoms with Crippen molar-refractivity contribution in [3.05, 3.63) is 65.2 Å². The summed E-state index contributed by atoms with van der Waals surface area (Å²) in [5.74, 6) is -1.09. The minimum absolute atomic E-state index is 0.0856. The Balaban J connectivity index is 1.94. The van der Waals surface area contributed by atoms with E-state index in [9.17, 15) is 18.0 Å². The molecule has 0 aliphatic rings. The molecule has 0 bridgehead atoms. The Morgan fingerprint density at radius 2 is 1.70 bits per heavy atom. The quantitative estimate of drug-likeness (QED) is 0.673. The molecule has 0 spiro atoms.